The van der Waals surface area contributed by atoms with Crippen LogP contribution in [0.4, 0.5) is 0 Å². The summed E-state index contributed by atoms with van der Waals surface area (Å²) in [5, 5.41) is 13.2. The van der Waals surface area contributed by atoms with Crippen LogP contribution in [0.3, 0.4) is 0 Å². The number of amides is 1. The third-order valence-corrected chi connectivity index (χ3v) is 4.14. The van der Waals surface area contributed by atoms with E-state index in [0.29, 0.717) is 15.8 Å². The van der Waals surface area contributed by atoms with E-state index < -0.39 is 6.10 Å². The predicted molar refractivity (Wildman–Crippen MR) is 78.3 cm³/mol. The Kier molecular flexibility index (Phi) is 5.52. The monoisotopic (exact) mass is 317 g/mol. The van der Waals surface area contributed by atoms with E-state index >= 15 is 0 Å². The first-order valence-electron chi connectivity index (χ1n) is 6.60. The molecular formula is C14H17Cl2NO3. The van der Waals surface area contributed by atoms with Gasteiger partial charge in [0.2, 0.25) is 5.91 Å². The first-order chi connectivity index (χ1) is 9.58. The maximum atomic E-state index is 11.6. The van der Waals surface area contributed by atoms with Crippen molar-refractivity contribution in [3.63, 3.8) is 0 Å². The third kappa shape index (κ3) is 4.01. The third-order valence-electron chi connectivity index (χ3n) is 3.34. The largest absolute Gasteiger partial charge is 0.489 e. The van der Waals surface area contributed by atoms with Gasteiger partial charge in [-0.1, -0.05) is 35.7 Å². The molecular weight excluding hydrogens is 301 g/mol. The number of nitrogens with one attached hydrogen (secondary N) is 1. The zero-order valence-electron chi connectivity index (χ0n) is 10.9. The average Bonchev–Trinajstić information content (AvgIpc) is 2.36. The molecule has 6 heteroatoms. The molecule has 1 aliphatic carbocycles. The van der Waals surface area contributed by atoms with Crippen LogP contribution in [0.25, 0.3) is 0 Å². The van der Waals surface area contributed by atoms with Crippen molar-refractivity contribution >= 4 is 29.1 Å². The molecule has 0 heterocycles. The highest BCUT2D eigenvalue weighted by molar-refractivity contribution is 6.42. The van der Waals surface area contributed by atoms with E-state index in [9.17, 15) is 9.90 Å². The summed E-state index contributed by atoms with van der Waals surface area (Å²) in [6, 6.07) is 5.05. The zero-order valence-corrected chi connectivity index (χ0v) is 12.5. The number of hydrogen-bond donors (Lipinski definition) is 2. The highest BCUT2D eigenvalue weighted by Gasteiger charge is 2.25. The van der Waals surface area contributed by atoms with Crippen molar-refractivity contribution < 1.29 is 14.6 Å². The van der Waals surface area contributed by atoms with Gasteiger partial charge in [0.25, 0.3) is 0 Å². The summed E-state index contributed by atoms with van der Waals surface area (Å²) in [5.41, 5.74) is 0. The number of carbonyl (C=O) groups excluding carboxylic acids is 1. The molecule has 1 aromatic carbocycles. The molecule has 20 heavy (non-hydrogen) atoms. The topological polar surface area (TPSA) is 58.6 Å². The molecule has 0 radical (unpaired) electrons. The summed E-state index contributed by atoms with van der Waals surface area (Å²) in [4.78, 5) is 11.6. The normalized spacial score (nSPS) is 16.4. The van der Waals surface area contributed by atoms with Crippen molar-refractivity contribution in [2.24, 2.45) is 5.92 Å². The Bertz CT molecular complexity index is 477. The van der Waals surface area contributed by atoms with Gasteiger partial charge in [-0.2, -0.15) is 0 Å². The lowest BCUT2D eigenvalue weighted by Crippen LogP contribution is -2.40. The fraction of sp³-hybridized carbons (Fsp3) is 0.500. The number of benzene rings is 1. The highest BCUT2D eigenvalue weighted by Crippen LogP contribution is 2.31. The van der Waals surface area contributed by atoms with Gasteiger partial charge in [0.1, 0.15) is 23.5 Å². The lowest BCUT2D eigenvalue weighted by atomic mass is 9.85. The number of carbonyl (C=O) groups is 1. The molecule has 4 nitrogen and oxygen atoms in total. The molecule has 0 saturated heterocycles. The minimum absolute atomic E-state index is 0.0103. The molecule has 2 rings (SSSR count). The van der Waals surface area contributed by atoms with Gasteiger partial charge in [-0.05, 0) is 25.0 Å². The molecule has 1 atom stereocenters. The Balaban J connectivity index is 1.73. The molecule has 1 unspecified atom stereocenters. The minimum Gasteiger partial charge on any atom is -0.489 e. The fourth-order valence-electron chi connectivity index (χ4n) is 1.87. The molecule has 2 N–H and O–H groups in total. The molecule has 1 saturated carbocycles. The van der Waals surface area contributed by atoms with Crippen molar-refractivity contribution in [2.45, 2.75) is 25.4 Å². The average molecular weight is 318 g/mol. The van der Waals surface area contributed by atoms with E-state index in [-0.39, 0.29) is 25.0 Å². The maximum Gasteiger partial charge on any atom is 0.223 e. The predicted octanol–water partition coefficient (Wildman–Crippen LogP) is 2.65. The van der Waals surface area contributed by atoms with Gasteiger partial charge in [-0.3, -0.25) is 4.79 Å². The van der Waals surface area contributed by atoms with Crippen LogP contribution in [0.2, 0.25) is 10.0 Å². The lowest BCUT2D eigenvalue weighted by molar-refractivity contribution is -0.127. The van der Waals surface area contributed by atoms with Gasteiger partial charge in [0.15, 0.2) is 0 Å². The standard InChI is InChI=1S/C14H17Cl2NO3/c15-11-5-2-6-12(13(11)16)20-8-10(18)7-17-14(19)9-3-1-4-9/h2,5-6,9-10,18H,1,3-4,7-8H2,(H,17,19). The molecule has 0 bridgehead atoms. The number of aliphatic hydroxyl groups excluding tert-OH is 1. The van der Waals surface area contributed by atoms with E-state index in [0.717, 1.165) is 19.3 Å². The van der Waals surface area contributed by atoms with Crippen LogP contribution >= 0.6 is 23.2 Å². The molecule has 110 valence electrons. The smallest absolute Gasteiger partial charge is 0.223 e. The van der Waals surface area contributed by atoms with E-state index in [4.69, 9.17) is 27.9 Å². The quantitative estimate of drug-likeness (QED) is 0.848. The van der Waals surface area contributed by atoms with Gasteiger partial charge in [0.05, 0.1) is 5.02 Å². The highest BCUT2D eigenvalue weighted by atomic mass is 35.5. The van der Waals surface area contributed by atoms with Crippen LogP contribution in [0.1, 0.15) is 19.3 Å². The molecule has 1 aromatic rings. The molecule has 0 aromatic heterocycles. The van der Waals surface area contributed by atoms with E-state index in [2.05, 4.69) is 5.32 Å². The number of aliphatic hydroxyl groups is 1. The first-order valence-corrected chi connectivity index (χ1v) is 7.36. The van der Waals surface area contributed by atoms with E-state index in [1.54, 1.807) is 18.2 Å². The van der Waals surface area contributed by atoms with E-state index in [1.165, 1.54) is 0 Å². The summed E-state index contributed by atoms with van der Waals surface area (Å²) in [6.45, 7) is 0.221. The molecule has 1 aliphatic rings. The lowest BCUT2D eigenvalue weighted by Gasteiger charge is -2.24. The van der Waals surface area contributed by atoms with Crippen LogP contribution in [0.15, 0.2) is 18.2 Å². The number of ether oxygens (including phenoxy) is 1. The second kappa shape index (κ2) is 7.16. The van der Waals surface area contributed by atoms with Crippen LogP contribution < -0.4 is 10.1 Å². The minimum atomic E-state index is -0.783. The Morgan fingerprint density at radius 1 is 1.45 bits per heavy atom. The van der Waals surface area contributed by atoms with Gasteiger partial charge in [-0.25, -0.2) is 0 Å². The van der Waals surface area contributed by atoms with Crippen LogP contribution in [0, 0.1) is 5.92 Å². The fourth-order valence-corrected chi connectivity index (χ4v) is 2.22. The molecule has 1 amide bonds. The van der Waals surface area contributed by atoms with Gasteiger partial charge < -0.3 is 15.2 Å². The summed E-state index contributed by atoms with van der Waals surface area (Å²) >= 11 is 11.8. The first kappa shape index (κ1) is 15.4. The van der Waals surface area contributed by atoms with Crippen molar-refractivity contribution in [3.8, 4) is 5.75 Å². The van der Waals surface area contributed by atoms with Gasteiger partial charge in [0, 0.05) is 12.5 Å². The Labute approximate surface area is 128 Å². The van der Waals surface area contributed by atoms with Crippen LogP contribution in [-0.4, -0.2) is 30.3 Å². The summed E-state index contributed by atoms with van der Waals surface area (Å²) in [6.07, 6.45) is 2.21. The van der Waals surface area contributed by atoms with Gasteiger partial charge >= 0.3 is 0 Å². The maximum absolute atomic E-state index is 11.6. The molecule has 0 aliphatic heterocycles. The number of halogens is 2. The SMILES string of the molecule is O=C(NCC(O)COc1cccc(Cl)c1Cl)C1CCC1. The van der Waals surface area contributed by atoms with Crippen molar-refractivity contribution in [1.82, 2.24) is 5.32 Å². The van der Waals surface area contributed by atoms with Gasteiger partial charge in [-0.15, -0.1) is 0 Å². The van der Waals surface area contributed by atoms with Crippen LogP contribution in [0.5, 0.6) is 5.75 Å². The Morgan fingerprint density at radius 3 is 2.85 bits per heavy atom. The van der Waals surface area contributed by atoms with Crippen LogP contribution in [-0.2, 0) is 4.79 Å². The number of hydrogen-bond acceptors (Lipinski definition) is 3. The second-order valence-electron chi connectivity index (χ2n) is 4.89. The Morgan fingerprint density at radius 2 is 2.20 bits per heavy atom. The van der Waals surface area contributed by atoms with Crippen molar-refractivity contribution in [3.05, 3.63) is 28.2 Å². The summed E-state index contributed by atoms with van der Waals surface area (Å²) in [7, 11) is 0. The van der Waals surface area contributed by atoms with Crippen molar-refractivity contribution in [2.75, 3.05) is 13.2 Å². The summed E-state index contributed by atoms with van der Waals surface area (Å²) < 4.78 is 5.39. The van der Waals surface area contributed by atoms with E-state index in [1.807, 2.05) is 0 Å². The number of rotatable bonds is 6. The zero-order chi connectivity index (χ0) is 14.5. The summed E-state index contributed by atoms with van der Waals surface area (Å²) in [5.74, 6) is 0.546. The second-order valence-corrected chi connectivity index (χ2v) is 5.67. The van der Waals surface area contributed by atoms with Crippen molar-refractivity contribution in [1.29, 1.82) is 0 Å². The molecule has 0 spiro atoms. The Hall–Kier alpha value is -0.970. The molecule has 1 fully saturated rings.